The van der Waals surface area contributed by atoms with Crippen LogP contribution in [0.25, 0.3) is 0 Å². The van der Waals surface area contributed by atoms with Crippen LogP contribution in [0, 0.1) is 0 Å². The highest BCUT2D eigenvalue weighted by Gasteiger charge is 2.05. The van der Waals surface area contributed by atoms with Gasteiger partial charge in [0.05, 0.1) is 14.2 Å². The molecule has 0 aliphatic carbocycles. The summed E-state index contributed by atoms with van der Waals surface area (Å²) in [4.78, 5) is 21.7. The van der Waals surface area contributed by atoms with Crippen molar-refractivity contribution in [1.29, 1.82) is 0 Å². The number of ether oxygens (including phenoxy) is 2. The molecule has 14 heavy (non-hydrogen) atoms. The third-order valence-electron chi connectivity index (χ3n) is 1.32. The molecule has 0 saturated carbocycles. The minimum absolute atomic E-state index is 0.366. The van der Waals surface area contributed by atoms with E-state index in [1.807, 2.05) is 0 Å². The van der Waals surface area contributed by atoms with Crippen LogP contribution in [-0.2, 0) is 19.1 Å². The maximum Gasteiger partial charge on any atom is 0.334 e. The van der Waals surface area contributed by atoms with Gasteiger partial charge in [-0.15, -0.1) is 0 Å². The molecule has 0 amide bonds. The number of rotatable bonds is 4. The van der Waals surface area contributed by atoms with E-state index in [1.165, 1.54) is 32.4 Å². The lowest BCUT2D eigenvalue weighted by molar-refractivity contribution is -0.136. The Morgan fingerprint density at radius 3 is 2.36 bits per heavy atom. The van der Waals surface area contributed by atoms with Gasteiger partial charge in [-0.1, -0.05) is 28.1 Å². The van der Waals surface area contributed by atoms with Gasteiger partial charge in [-0.2, -0.15) is 0 Å². The summed E-state index contributed by atoms with van der Waals surface area (Å²) in [6.07, 6.45) is 4.13. The summed E-state index contributed by atoms with van der Waals surface area (Å²) in [6.45, 7) is 0. The summed E-state index contributed by atoms with van der Waals surface area (Å²) in [5, 5.41) is 0.366. The van der Waals surface area contributed by atoms with Crippen molar-refractivity contribution < 1.29 is 19.1 Å². The normalized spacial score (nSPS) is 11.5. The zero-order chi connectivity index (χ0) is 11.0. The third-order valence-corrected chi connectivity index (χ3v) is 1.93. The number of allylic oxidation sites excluding steroid dienone is 2. The van der Waals surface area contributed by atoms with Crippen molar-refractivity contribution in [2.75, 3.05) is 19.5 Å². The Labute approximate surface area is 90.7 Å². The van der Waals surface area contributed by atoms with Crippen molar-refractivity contribution in [3.8, 4) is 0 Å². The minimum atomic E-state index is -0.472. The molecule has 0 radical (unpaired) electrons. The molecule has 0 atom stereocenters. The Bertz CT molecular complexity index is 268. The smallest absolute Gasteiger partial charge is 0.334 e. The Balaban J connectivity index is 4.39. The molecule has 0 unspecified atom stereocenters. The first-order valence-electron chi connectivity index (χ1n) is 3.75. The van der Waals surface area contributed by atoms with Crippen LogP contribution < -0.4 is 0 Å². The van der Waals surface area contributed by atoms with Crippen molar-refractivity contribution in [2.24, 2.45) is 0 Å². The standard InChI is InChI=1S/C9H11BrO4/c1-13-8(11)5-3-4-7(6-10)9(12)14-2/h3-5H,6H2,1-2H3/b5-3-,7-4+. The first-order chi connectivity index (χ1) is 6.65. The maximum atomic E-state index is 11.0. The number of esters is 2. The molecule has 5 heteroatoms. The van der Waals surface area contributed by atoms with Gasteiger partial charge in [0.2, 0.25) is 0 Å². The van der Waals surface area contributed by atoms with Gasteiger partial charge in [0.1, 0.15) is 0 Å². The van der Waals surface area contributed by atoms with E-state index >= 15 is 0 Å². The van der Waals surface area contributed by atoms with E-state index in [0.717, 1.165) is 0 Å². The van der Waals surface area contributed by atoms with E-state index in [0.29, 0.717) is 10.9 Å². The highest BCUT2D eigenvalue weighted by Crippen LogP contribution is 2.02. The van der Waals surface area contributed by atoms with Crippen LogP contribution in [0.3, 0.4) is 0 Å². The average molecular weight is 263 g/mol. The van der Waals surface area contributed by atoms with Crippen LogP contribution in [0.5, 0.6) is 0 Å². The van der Waals surface area contributed by atoms with Crippen LogP contribution in [0.15, 0.2) is 23.8 Å². The van der Waals surface area contributed by atoms with Gasteiger partial charge in [0, 0.05) is 17.0 Å². The number of alkyl halides is 1. The number of carbonyl (C=O) groups excluding carboxylic acids is 2. The zero-order valence-corrected chi connectivity index (χ0v) is 9.54. The SMILES string of the molecule is COC(=O)/C=C\C=C(/CBr)C(=O)OC. The number of methoxy groups -OCH3 is 2. The number of hydrogen-bond donors (Lipinski definition) is 0. The first-order valence-corrected chi connectivity index (χ1v) is 4.87. The molecule has 0 aliphatic rings. The molecule has 0 aromatic carbocycles. The average Bonchev–Trinajstić information content (AvgIpc) is 2.22. The molecule has 0 N–H and O–H groups in total. The Morgan fingerprint density at radius 2 is 1.93 bits per heavy atom. The lowest BCUT2D eigenvalue weighted by atomic mass is 10.3. The summed E-state index contributed by atoms with van der Waals surface area (Å²) >= 11 is 3.12. The molecular weight excluding hydrogens is 252 g/mol. The predicted molar refractivity (Wildman–Crippen MR) is 55.0 cm³/mol. The fourth-order valence-electron chi connectivity index (χ4n) is 0.609. The van der Waals surface area contributed by atoms with Gasteiger partial charge < -0.3 is 9.47 Å². The van der Waals surface area contributed by atoms with Gasteiger partial charge in [-0.25, -0.2) is 9.59 Å². The molecule has 0 heterocycles. The second kappa shape index (κ2) is 7.32. The number of hydrogen-bond acceptors (Lipinski definition) is 4. The van der Waals surface area contributed by atoms with E-state index < -0.39 is 11.9 Å². The summed E-state index contributed by atoms with van der Waals surface area (Å²) in [6, 6.07) is 0. The summed E-state index contributed by atoms with van der Waals surface area (Å²) in [5.74, 6) is -0.906. The molecule has 0 fully saturated rings. The van der Waals surface area contributed by atoms with Gasteiger partial charge in [-0.05, 0) is 0 Å². The van der Waals surface area contributed by atoms with Crippen molar-refractivity contribution in [2.45, 2.75) is 0 Å². The molecular formula is C9H11BrO4. The monoisotopic (exact) mass is 262 g/mol. The Hall–Kier alpha value is -1.10. The first kappa shape index (κ1) is 12.9. The van der Waals surface area contributed by atoms with Gasteiger partial charge in [-0.3, -0.25) is 0 Å². The van der Waals surface area contributed by atoms with E-state index in [4.69, 9.17) is 0 Å². The quantitative estimate of drug-likeness (QED) is 0.331. The van der Waals surface area contributed by atoms with Gasteiger partial charge >= 0.3 is 11.9 Å². The second-order valence-electron chi connectivity index (χ2n) is 2.20. The molecule has 0 bridgehead atoms. The third kappa shape index (κ3) is 4.81. The largest absolute Gasteiger partial charge is 0.466 e. The molecule has 0 aromatic heterocycles. The van der Waals surface area contributed by atoms with Crippen LogP contribution in [0.4, 0.5) is 0 Å². The highest BCUT2D eigenvalue weighted by molar-refractivity contribution is 9.09. The van der Waals surface area contributed by atoms with Gasteiger partial charge in [0.15, 0.2) is 0 Å². The highest BCUT2D eigenvalue weighted by atomic mass is 79.9. The summed E-state index contributed by atoms with van der Waals surface area (Å²) < 4.78 is 8.87. The molecule has 0 saturated heterocycles. The van der Waals surface area contributed by atoms with Crippen molar-refractivity contribution in [3.63, 3.8) is 0 Å². The Morgan fingerprint density at radius 1 is 1.29 bits per heavy atom. The van der Waals surface area contributed by atoms with E-state index in [9.17, 15) is 9.59 Å². The van der Waals surface area contributed by atoms with Crippen LogP contribution >= 0.6 is 15.9 Å². The lowest BCUT2D eigenvalue weighted by Gasteiger charge is -1.98. The predicted octanol–water partition coefficient (Wildman–Crippen LogP) is 1.21. The molecule has 0 spiro atoms. The van der Waals surface area contributed by atoms with Crippen LogP contribution in [-0.4, -0.2) is 31.5 Å². The molecule has 78 valence electrons. The Kier molecular flexibility index (Phi) is 6.74. The fraction of sp³-hybridized carbons (Fsp3) is 0.333. The van der Waals surface area contributed by atoms with Gasteiger partial charge in [0.25, 0.3) is 0 Å². The zero-order valence-electron chi connectivity index (χ0n) is 7.95. The maximum absolute atomic E-state index is 11.0. The van der Waals surface area contributed by atoms with Crippen molar-refractivity contribution in [1.82, 2.24) is 0 Å². The molecule has 0 aromatic rings. The summed E-state index contributed by atoms with van der Waals surface area (Å²) in [7, 11) is 2.57. The van der Waals surface area contributed by atoms with E-state index in [1.54, 1.807) is 0 Å². The van der Waals surface area contributed by atoms with Crippen LogP contribution in [0.2, 0.25) is 0 Å². The fourth-order valence-corrected chi connectivity index (χ4v) is 1.02. The topological polar surface area (TPSA) is 52.6 Å². The van der Waals surface area contributed by atoms with E-state index in [-0.39, 0.29) is 0 Å². The minimum Gasteiger partial charge on any atom is -0.466 e. The van der Waals surface area contributed by atoms with Crippen LogP contribution in [0.1, 0.15) is 0 Å². The number of carbonyl (C=O) groups is 2. The lowest BCUT2D eigenvalue weighted by Crippen LogP contribution is -2.05. The van der Waals surface area contributed by atoms with Crippen molar-refractivity contribution >= 4 is 27.9 Å². The molecule has 0 rings (SSSR count). The second-order valence-corrected chi connectivity index (χ2v) is 2.76. The number of halogens is 1. The van der Waals surface area contributed by atoms with Crippen molar-refractivity contribution in [3.05, 3.63) is 23.8 Å². The molecule has 0 aliphatic heterocycles. The van der Waals surface area contributed by atoms with E-state index in [2.05, 4.69) is 25.4 Å². The summed E-state index contributed by atoms with van der Waals surface area (Å²) in [5.41, 5.74) is 0.424. The molecule has 4 nitrogen and oxygen atoms in total.